The summed E-state index contributed by atoms with van der Waals surface area (Å²) in [6.45, 7) is 2.67. The standard InChI is InChI=1S/C9H14F2N2O/c1-7-2-3-12(4-7)8(14)13-5-9(10,11)6-13/h7H,2-6H2,1H3. The molecule has 2 saturated heterocycles. The zero-order chi connectivity index (χ0) is 10.3. The number of carbonyl (C=O) groups is 1. The van der Waals surface area contributed by atoms with Gasteiger partial charge in [-0.15, -0.1) is 0 Å². The van der Waals surface area contributed by atoms with Crippen LogP contribution in [0.3, 0.4) is 0 Å². The molecule has 2 rings (SSSR count). The number of alkyl halides is 2. The molecule has 2 aliphatic rings. The quantitative estimate of drug-likeness (QED) is 0.585. The molecule has 0 aromatic heterocycles. The summed E-state index contributed by atoms with van der Waals surface area (Å²) in [5, 5.41) is 0. The minimum atomic E-state index is -2.65. The van der Waals surface area contributed by atoms with Crippen LogP contribution in [-0.2, 0) is 0 Å². The summed E-state index contributed by atoms with van der Waals surface area (Å²) in [6.07, 6.45) is 0.982. The fourth-order valence-electron chi connectivity index (χ4n) is 1.96. The van der Waals surface area contributed by atoms with E-state index >= 15 is 0 Å². The van der Waals surface area contributed by atoms with Crippen LogP contribution in [0.15, 0.2) is 0 Å². The van der Waals surface area contributed by atoms with Gasteiger partial charge in [0.2, 0.25) is 0 Å². The van der Waals surface area contributed by atoms with E-state index in [1.807, 2.05) is 0 Å². The highest BCUT2D eigenvalue weighted by Crippen LogP contribution is 2.28. The van der Waals surface area contributed by atoms with Crippen molar-refractivity contribution in [3.05, 3.63) is 0 Å². The molecule has 1 atom stereocenters. The first-order chi connectivity index (χ1) is 6.48. The van der Waals surface area contributed by atoms with Crippen molar-refractivity contribution < 1.29 is 13.6 Å². The van der Waals surface area contributed by atoms with Crippen LogP contribution in [0.25, 0.3) is 0 Å². The van der Waals surface area contributed by atoms with Crippen molar-refractivity contribution in [3.8, 4) is 0 Å². The Morgan fingerprint density at radius 3 is 2.43 bits per heavy atom. The lowest BCUT2D eigenvalue weighted by atomic mass is 10.1. The summed E-state index contributed by atoms with van der Waals surface area (Å²) in [5.74, 6) is -2.15. The van der Waals surface area contributed by atoms with E-state index in [1.54, 1.807) is 4.90 Å². The van der Waals surface area contributed by atoms with E-state index in [0.29, 0.717) is 19.0 Å². The molecule has 0 aromatic carbocycles. The topological polar surface area (TPSA) is 23.6 Å². The first kappa shape index (κ1) is 9.68. The molecule has 0 radical (unpaired) electrons. The van der Waals surface area contributed by atoms with E-state index in [0.717, 1.165) is 6.42 Å². The molecule has 0 spiro atoms. The summed E-state index contributed by atoms with van der Waals surface area (Å²) in [6, 6.07) is -0.222. The van der Waals surface area contributed by atoms with Gasteiger partial charge in [0.05, 0.1) is 13.1 Å². The molecule has 0 N–H and O–H groups in total. The number of rotatable bonds is 0. The lowest BCUT2D eigenvalue weighted by Gasteiger charge is -2.40. The molecule has 3 nitrogen and oxygen atoms in total. The highest BCUT2D eigenvalue weighted by molar-refractivity contribution is 5.75. The summed E-state index contributed by atoms with van der Waals surface area (Å²) < 4.78 is 25.0. The van der Waals surface area contributed by atoms with Gasteiger partial charge >= 0.3 is 6.03 Å². The van der Waals surface area contributed by atoms with E-state index in [2.05, 4.69) is 6.92 Å². The van der Waals surface area contributed by atoms with Crippen LogP contribution in [-0.4, -0.2) is 47.9 Å². The third-order valence-corrected chi connectivity index (χ3v) is 2.81. The van der Waals surface area contributed by atoms with Gasteiger partial charge < -0.3 is 9.80 Å². The zero-order valence-corrected chi connectivity index (χ0v) is 8.17. The number of likely N-dealkylation sites (tertiary alicyclic amines) is 2. The third kappa shape index (κ3) is 1.67. The van der Waals surface area contributed by atoms with Gasteiger partial charge in [-0.3, -0.25) is 0 Å². The van der Waals surface area contributed by atoms with E-state index in [1.165, 1.54) is 4.90 Å². The average molecular weight is 204 g/mol. The Morgan fingerprint density at radius 1 is 1.36 bits per heavy atom. The minimum absolute atomic E-state index is 0.222. The summed E-state index contributed by atoms with van der Waals surface area (Å²) in [5.41, 5.74) is 0. The number of carbonyl (C=O) groups excluding carboxylic acids is 1. The lowest BCUT2D eigenvalue weighted by molar-refractivity contribution is -0.113. The van der Waals surface area contributed by atoms with Crippen molar-refractivity contribution >= 4 is 6.03 Å². The molecule has 2 fully saturated rings. The molecule has 5 heteroatoms. The van der Waals surface area contributed by atoms with Crippen molar-refractivity contribution in [3.63, 3.8) is 0 Å². The van der Waals surface area contributed by atoms with Gasteiger partial charge in [0, 0.05) is 13.1 Å². The highest BCUT2D eigenvalue weighted by atomic mass is 19.3. The summed E-state index contributed by atoms with van der Waals surface area (Å²) in [7, 11) is 0. The van der Waals surface area contributed by atoms with Crippen LogP contribution in [0, 0.1) is 5.92 Å². The Morgan fingerprint density at radius 2 is 2.00 bits per heavy atom. The normalized spacial score (nSPS) is 30.4. The Hall–Kier alpha value is -0.870. The number of hydrogen-bond acceptors (Lipinski definition) is 1. The molecule has 0 aromatic rings. The van der Waals surface area contributed by atoms with Crippen LogP contribution >= 0.6 is 0 Å². The first-order valence-electron chi connectivity index (χ1n) is 4.90. The monoisotopic (exact) mass is 204 g/mol. The first-order valence-corrected chi connectivity index (χ1v) is 4.90. The van der Waals surface area contributed by atoms with Crippen molar-refractivity contribution in [2.75, 3.05) is 26.2 Å². The molecule has 2 aliphatic heterocycles. The van der Waals surface area contributed by atoms with E-state index in [-0.39, 0.29) is 6.03 Å². The molecule has 80 valence electrons. The van der Waals surface area contributed by atoms with Gasteiger partial charge in [0.15, 0.2) is 0 Å². The van der Waals surface area contributed by atoms with Gasteiger partial charge in [-0.25, -0.2) is 13.6 Å². The molecule has 0 saturated carbocycles. The molecular weight excluding hydrogens is 190 g/mol. The number of urea groups is 1. The second kappa shape index (κ2) is 3.07. The molecule has 14 heavy (non-hydrogen) atoms. The van der Waals surface area contributed by atoms with Gasteiger partial charge in [-0.05, 0) is 12.3 Å². The maximum atomic E-state index is 12.5. The minimum Gasteiger partial charge on any atom is -0.324 e. The molecule has 1 unspecified atom stereocenters. The summed E-state index contributed by atoms with van der Waals surface area (Å²) >= 11 is 0. The highest BCUT2D eigenvalue weighted by Gasteiger charge is 2.47. The lowest BCUT2D eigenvalue weighted by Crippen LogP contribution is -2.61. The van der Waals surface area contributed by atoms with Crippen molar-refractivity contribution in [2.24, 2.45) is 5.92 Å². The molecule has 2 amide bonds. The molecular formula is C9H14F2N2O. The van der Waals surface area contributed by atoms with Crippen LogP contribution in [0.1, 0.15) is 13.3 Å². The van der Waals surface area contributed by atoms with Crippen molar-refractivity contribution in [1.29, 1.82) is 0 Å². The average Bonchev–Trinajstić information content (AvgIpc) is 2.46. The Balaban J connectivity index is 1.85. The van der Waals surface area contributed by atoms with Gasteiger partial charge in [-0.2, -0.15) is 0 Å². The fourth-order valence-corrected chi connectivity index (χ4v) is 1.96. The predicted octanol–water partition coefficient (Wildman–Crippen LogP) is 1.40. The molecule has 2 heterocycles. The van der Waals surface area contributed by atoms with Crippen LogP contribution in [0.2, 0.25) is 0 Å². The van der Waals surface area contributed by atoms with Gasteiger partial charge in [0.1, 0.15) is 0 Å². The smallest absolute Gasteiger partial charge is 0.320 e. The Kier molecular flexibility index (Phi) is 2.12. The van der Waals surface area contributed by atoms with Gasteiger partial charge in [-0.1, -0.05) is 6.92 Å². The Bertz CT molecular complexity index is 249. The Labute approximate surface area is 81.7 Å². The van der Waals surface area contributed by atoms with Crippen LogP contribution in [0.4, 0.5) is 13.6 Å². The number of halogens is 2. The van der Waals surface area contributed by atoms with E-state index < -0.39 is 19.0 Å². The second-order valence-electron chi connectivity index (χ2n) is 4.33. The maximum absolute atomic E-state index is 12.5. The van der Waals surface area contributed by atoms with Crippen LogP contribution in [0.5, 0.6) is 0 Å². The van der Waals surface area contributed by atoms with Crippen molar-refractivity contribution in [1.82, 2.24) is 9.80 Å². The third-order valence-electron chi connectivity index (χ3n) is 2.81. The number of hydrogen-bond donors (Lipinski definition) is 0. The van der Waals surface area contributed by atoms with Crippen LogP contribution < -0.4 is 0 Å². The fraction of sp³-hybridized carbons (Fsp3) is 0.889. The number of nitrogens with zero attached hydrogens (tertiary/aromatic N) is 2. The zero-order valence-electron chi connectivity index (χ0n) is 8.17. The molecule has 0 bridgehead atoms. The largest absolute Gasteiger partial charge is 0.324 e. The predicted molar refractivity (Wildman–Crippen MR) is 47.3 cm³/mol. The molecule has 0 aliphatic carbocycles. The second-order valence-corrected chi connectivity index (χ2v) is 4.33. The number of amides is 2. The van der Waals surface area contributed by atoms with Gasteiger partial charge in [0.25, 0.3) is 5.92 Å². The maximum Gasteiger partial charge on any atom is 0.320 e. The van der Waals surface area contributed by atoms with E-state index in [9.17, 15) is 13.6 Å². The van der Waals surface area contributed by atoms with Crippen molar-refractivity contribution in [2.45, 2.75) is 19.3 Å². The summed E-state index contributed by atoms with van der Waals surface area (Å²) in [4.78, 5) is 14.5. The van der Waals surface area contributed by atoms with E-state index in [4.69, 9.17) is 0 Å². The SMILES string of the molecule is CC1CCN(C(=O)N2CC(F)(F)C2)C1.